The molecule has 7 heteroatoms. The smallest absolute Gasteiger partial charge is 0.215 e. The SMILES string of the molecule is CC1COCCN1S(=O)(=O)CCSc1ccccc1N. The van der Waals surface area contributed by atoms with Crippen molar-refractivity contribution in [2.45, 2.75) is 17.9 Å². The second-order valence-electron chi connectivity index (χ2n) is 4.74. The molecule has 0 bridgehead atoms. The highest BCUT2D eigenvalue weighted by Gasteiger charge is 2.29. The van der Waals surface area contributed by atoms with Crippen molar-refractivity contribution in [2.24, 2.45) is 0 Å². The van der Waals surface area contributed by atoms with Gasteiger partial charge in [0.2, 0.25) is 10.0 Å². The molecule has 0 aromatic heterocycles. The Morgan fingerprint density at radius 3 is 2.90 bits per heavy atom. The van der Waals surface area contributed by atoms with Gasteiger partial charge in [-0.1, -0.05) is 12.1 Å². The molecule has 0 spiro atoms. The molecule has 0 saturated carbocycles. The lowest BCUT2D eigenvalue weighted by molar-refractivity contribution is 0.0393. The summed E-state index contributed by atoms with van der Waals surface area (Å²) in [6.45, 7) is 3.26. The monoisotopic (exact) mass is 316 g/mol. The van der Waals surface area contributed by atoms with Crippen molar-refractivity contribution < 1.29 is 13.2 Å². The van der Waals surface area contributed by atoms with E-state index in [4.69, 9.17) is 10.5 Å². The van der Waals surface area contributed by atoms with Crippen molar-refractivity contribution in [1.29, 1.82) is 0 Å². The number of benzene rings is 1. The molecule has 1 atom stereocenters. The number of nitrogens with zero attached hydrogens (tertiary/aromatic N) is 1. The molecule has 20 heavy (non-hydrogen) atoms. The average Bonchev–Trinajstić information content (AvgIpc) is 2.41. The summed E-state index contributed by atoms with van der Waals surface area (Å²) in [4.78, 5) is 0.928. The van der Waals surface area contributed by atoms with Crippen LogP contribution < -0.4 is 5.73 Å². The van der Waals surface area contributed by atoms with Crippen LogP contribution in [0.2, 0.25) is 0 Å². The predicted octanol–water partition coefficient (Wildman–Crippen LogP) is 1.41. The highest BCUT2D eigenvalue weighted by Crippen LogP contribution is 2.25. The van der Waals surface area contributed by atoms with Crippen LogP contribution in [0.15, 0.2) is 29.2 Å². The number of hydrogen-bond donors (Lipinski definition) is 1. The molecule has 1 saturated heterocycles. The fourth-order valence-corrected chi connectivity index (χ4v) is 5.11. The average molecular weight is 316 g/mol. The quantitative estimate of drug-likeness (QED) is 0.657. The maximum absolute atomic E-state index is 12.3. The van der Waals surface area contributed by atoms with E-state index in [1.54, 1.807) is 4.31 Å². The first kappa shape index (κ1) is 15.6. The van der Waals surface area contributed by atoms with Gasteiger partial charge in [0.1, 0.15) is 0 Å². The zero-order valence-electron chi connectivity index (χ0n) is 11.5. The topological polar surface area (TPSA) is 72.6 Å². The summed E-state index contributed by atoms with van der Waals surface area (Å²) in [7, 11) is -3.22. The third kappa shape index (κ3) is 3.88. The number of ether oxygens (including phenoxy) is 1. The molecule has 5 nitrogen and oxygen atoms in total. The molecule has 1 aromatic rings. The number of thioether (sulfide) groups is 1. The molecule has 1 unspecified atom stereocenters. The van der Waals surface area contributed by atoms with Crippen LogP contribution in [0.4, 0.5) is 5.69 Å². The minimum atomic E-state index is -3.22. The van der Waals surface area contributed by atoms with Gasteiger partial charge in [-0.25, -0.2) is 8.42 Å². The molecule has 1 aliphatic rings. The fourth-order valence-electron chi connectivity index (χ4n) is 2.11. The molecule has 1 aromatic carbocycles. The van der Waals surface area contributed by atoms with Gasteiger partial charge in [-0.15, -0.1) is 11.8 Å². The molecule has 0 amide bonds. The van der Waals surface area contributed by atoms with Crippen molar-refractivity contribution in [3.05, 3.63) is 24.3 Å². The van der Waals surface area contributed by atoms with Gasteiger partial charge >= 0.3 is 0 Å². The van der Waals surface area contributed by atoms with Gasteiger partial charge in [-0.05, 0) is 19.1 Å². The summed E-state index contributed by atoms with van der Waals surface area (Å²) in [5, 5.41) is 0. The van der Waals surface area contributed by atoms with E-state index in [0.29, 0.717) is 31.2 Å². The van der Waals surface area contributed by atoms with Gasteiger partial charge in [0.25, 0.3) is 0 Å². The Balaban J connectivity index is 1.91. The number of rotatable bonds is 5. The first-order chi connectivity index (χ1) is 9.50. The van der Waals surface area contributed by atoms with E-state index in [9.17, 15) is 8.42 Å². The number of anilines is 1. The largest absolute Gasteiger partial charge is 0.398 e. The van der Waals surface area contributed by atoms with Gasteiger partial charge in [0.05, 0.1) is 19.0 Å². The van der Waals surface area contributed by atoms with Gasteiger partial charge in [-0.3, -0.25) is 0 Å². The van der Waals surface area contributed by atoms with Crippen LogP contribution in [-0.4, -0.2) is 50.0 Å². The van der Waals surface area contributed by atoms with Crippen molar-refractivity contribution in [2.75, 3.05) is 37.0 Å². The summed E-state index contributed by atoms with van der Waals surface area (Å²) < 4.78 is 31.4. The summed E-state index contributed by atoms with van der Waals surface area (Å²) >= 11 is 1.48. The second kappa shape index (κ2) is 6.80. The first-order valence-corrected chi connectivity index (χ1v) is 9.15. The van der Waals surface area contributed by atoms with Crippen LogP contribution in [0.5, 0.6) is 0 Å². The Morgan fingerprint density at radius 1 is 1.45 bits per heavy atom. The maximum atomic E-state index is 12.3. The highest BCUT2D eigenvalue weighted by molar-refractivity contribution is 8.00. The Bertz CT molecular complexity index is 548. The Kier molecular flexibility index (Phi) is 5.31. The van der Waals surface area contributed by atoms with Crippen LogP contribution >= 0.6 is 11.8 Å². The molecular weight excluding hydrogens is 296 g/mol. The lowest BCUT2D eigenvalue weighted by atomic mass is 10.3. The molecule has 1 heterocycles. The molecule has 0 aliphatic carbocycles. The van der Waals surface area contributed by atoms with E-state index < -0.39 is 10.0 Å². The zero-order valence-corrected chi connectivity index (χ0v) is 13.1. The van der Waals surface area contributed by atoms with Crippen LogP contribution in [-0.2, 0) is 14.8 Å². The lowest BCUT2D eigenvalue weighted by Crippen LogP contribution is -2.48. The second-order valence-corrected chi connectivity index (χ2v) is 7.91. The normalized spacial score (nSPS) is 20.9. The molecule has 0 radical (unpaired) electrons. The molecule has 1 aliphatic heterocycles. The van der Waals surface area contributed by atoms with E-state index in [1.165, 1.54) is 11.8 Å². The number of nitrogen functional groups attached to an aromatic ring is 1. The van der Waals surface area contributed by atoms with E-state index in [1.807, 2.05) is 31.2 Å². The molecule has 2 rings (SSSR count). The fraction of sp³-hybridized carbons (Fsp3) is 0.538. The molecule has 2 N–H and O–H groups in total. The van der Waals surface area contributed by atoms with E-state index in [0.717, 1.165) is 4.90 Å². The molecule has 1 fully saturated rings. The van der Waals surface area contributed by atoms with Crippen molar-refractivity contribution in [3.63, 3.8) is 0 Å². The summed E-state index contributed by atoms with van der Waals surface area (Å²) in [6.07, 6.45) is 0. The number of morpholine rings is 1. The third-order valence-electron chi connectivity index (χ3n) is 3.18. The summed E-state index contributed by atoms with van der Waals surface area (Å²) in [5.74, 6) is 0.622. The Labute approximate surface area is 124 Å². The van der Waals surface area contributed by atoms with Crippen molar-refractivity contribution in [3.8, 4) is 0 Å². The Morgan fingerprint density at radius 2 is 2.20 bits per heavy atom. The summed E-state index contributed by atoms with van der Waals surface area (Å²) in [6, 6.07) is 7.41. The number of hydrogen-bond acceptors (Lipinski definition) is 5. The number of sulfonamides is 1. The van der Waals surface area contributed by atoms with Crippen LogP contribution in [0.3, 0.4) is 0 Å². The zero-order chi connectivity index (χ0) is 14.6. The van der Waals surface area contributed by atoms with E-state index in [-0.39, 0.29) is 11.8 Å². The Hall–Kier alpha value is -0.760. The van der Waals surface area contributed by atoms with E-state index in [2.05, 4.69) is 0 Å². The van der Waals surface area contributed by atoms with E-state index >= 15 is 0 Å². The van der Waals surface area contributed by atoms with Gasteiger partial charge in [0.15, 0.2) is 0 Å². The van der Waals surface area contributed by atoms with Crippen LogP contribution in [0.1, 0.15) is 6.92 Å². The minimum Gasteiger partial charge on any atom is -0.398 e. The van der Waals surface area contributed by atoms with Gasteiger partial charge in [-0.2, -0.15) is 4.31 Å². The van der Waals surface area contributed by atoms with Crippen molar-refractivity contribution in [1.82, 2.24) is 4.31 Å². The maximum Gasteiger partial charge on any atom is 0.215 e. The van der Waals surface area contributed by atoms with Crippen molar-refractivity contribution >= 4 is 27.5 Å². The number of nitrogens with two attached hydrogens (primary N) is 1. The minimum absolute atomic E-state index is 0.0828. The summed E-state index contributed by atoms with van der Waals surface area (Å²) in [5.41, 5.74) is 6.53. The first-order valence-electron chi connectivity index (χ1n) is 6.55. The van der Waals surface area contributed by atoms with Gasteiger partial charge < -0.3 is 10.5 Å². The molecular formula is C13H20N2O3S2. The third-order valence-corrected chi connectivity index (χ3v) is 6.51. The number of para-hydroxylation sites is 1. The molecule has 112 valence electrons. The highest BCUT2D eigenvalue weighted by atomic mass is 32.2. The van der Waals surface area contributed by atoms with Crippen LogP contribution in [0, 0.1) is 0 Å². The van der Waals surface area contributed by atoms with Crippen LogP contribution in [0.25, 0.3) is 0 Å². The standard InChI is InChI=1S/C13H20N2O3S2/c1-11-10-18-7-6-15(11)20(16,17)9-8-19-13-5-3-2-4-12(13)14/h2-5,11H,6-10,14H2,1H3. The van der Waals surface area contributed by atoms with Gasteiger partial charge in [0, 0.05) is 28.9 Å². The predicted molar refractivity (Wildman–Crippen MR) is 82.4 cm³/mol. The lowest BCUT2D eigenvalue weighted by Gasteiger charge is -2.32.